The van der Waals surface area contributed by atoms with Crippen LogP contribution in [0.5, 0.6) is 0 Å². The summed E-state index contributed by atoms with van der Waals surface area (Å²) in [5, 5.41) is 10.9. The van der Waals surface area contributed by atoms with Crippen molar-refractivity contribution in [2.24, 2.45) is 0 Å². The van der Waals surface area contributed by atoms with Crippen LogP contribution in [0.3, 0.4) is 0 Å². The molecule has 0 saturated heterocycles. The van der Waals surface area contributed by atoms with Crippen LogP contribution in [0.1, 0.15) is 104 Å². The summed E-state index contributed by atoms with van der Waals surface area (Å²) in [6, 6.07) is 0. The number of carbonyl (C=O) groups is 1. The molecule has 0 rings (SSSR count). The predicted octanol–water partition coefficient (Wildman–Crippen LogP) is 1.54. The molecular formula is C20H40KNO2. The van der Waals surface area contributed by atoms with Crippen LogP contribution in [0.25, 0.3) is 0 Å². The maximum atomic E-state index is 10.9. The Morgan fingerprint density at radius 1 is 0.667 bits per heavy atom. The Morgan fingerprint density at radius 2 is 1.00 bits per heavy atom. The Hall–Kier alpha value is 1.07. The molecule has 3 nitrogen and oxygen atoms in total. The fraction of sp³-hybridized carbons (Fsp3) is 0.950. The molecule has 0 N–H and O–H groups in total. The minimum Gasteiger partial charge on any atom is -0.549 e. The number of rotatable bonds is 18. The first-order chi connectivity index (χ1) is 11.2. The number of carboxylic acid groups (broad SMARTS) is 1. The Balaban J connectivity index is 0. The van der Waals surface area contributed by atoms with Crippen LogP contribution in [0, 0.1) is 0 Å². The van der Waals surface area contributed by atoms with Crippen molar-refractivity contribution in [1.29, 1.82) is 0 Å². The molecule has 0 saturated carbocycles. The molecule has 0 fully saturated rings. The summed E-state index contributed by atoms with van der Waals surface area (Å²) in [5.74, 6) is -0.934. The molecule has 24 heavy (non-hydrogen) atoms. The topological polar surface area (TPSA) is 43.4 Å². The molecule has 0 aliphatic heterocycles. The van der Waals surface area contributed by atoms with Crippen LogP contribution in [-0.2, 0) is 4.79 Å². The number of hydrogen-bond acceptors (Lipinski definition) is 3. The minimum absolute atomic E-state index is 0. The van der Waals surface area contributed by atoms with Crippen molar-refractivity contribution in [2.45, 2.75) is 104 Å². The van der Waals surface area contributed by atoms with Gasteiger partial charge in [-0.2, -0.15) is 0 Å². The minimum atomic E-state index is -0.934. The zero-order valence-corrected chi connectivity index (χ0v) is 19.9. The van der Waals surface area contributed by atoms with Crippen LogP contribution in [-0.4, -0.2) is 30.5 Å². The first-order valence-corrected chi connectivity index (χ1v) is 10.1. The molecule has 0 spiro atoms. The number of carbonyl (C=O) groups excluding carboxylic acids is 1. The Bertz CT molecular complexity index is 244. The summed E-state index contributed by atoms with van der Waals surface area (Å²) >= 11 is 0. The summed E-state index contributed by atoms with van der Waals surface area (Å²) in [6.45, 7) is 6.41. The maximum absolute atomic E-state index is 10.9. The predicted molar refractivity (Wildman–Crippen MR) is 97.4 cm³/mol. The summed E-state index contributed by atoms with van der Waals surface area (Å²) < 4.78 is 0. The molecule has 0 heterocycles. The zero-order valence-electron chi connectivity index (χ0n) is 16.8. The van der Waals surface area contributed by atoms with Crippen LogP contribution in [0.4, 0.5) is 0 Å². The van der Waals surface area contributed by atoms with Gasteiger partial charge in [0.25, 0.3) is 0 Å². The SMILES string of the molecule is CCCCCCCCCN(CCCCCCCCC)CC(=O)[O-].[K+]. The Labute approximate surface area is 193 Å². The van der Waals surface area contributed by atoms with Crippen molar-refractivity contribution >= 4 is 5.97 Å². The van der Waals surface area contributed by atoms with Crippen molar-refractivity contribution in [1.82, 2.24) is 4.90 Å². The van der Waals surface area contributed by atoms with Crippen molar-refractivity contribution < 1.29 is 61.3 Å². The van der Waals surface area contributed by atoms with E-state index < -0.39 is 5.97 Å². The second-order valence-corrected chi connectivity index (χ2v) is 6.89. The van der Waals surface area contributed by atoms with Gasteiger partial charge >= 0.3 is 51.4 Å². The van der Waals surface area contributed by atoms with E-state index in [1.807, 2.05) is 0 Å². The second kappa shape index (κ2) is 22.1. The third-order valence-electron chi connectivity index (χ3n) is 4.51. The molecule has 0 unspecified atom stereocenters. The van der Waals surface area contributed by atoms with Crippen molar-refractivity contribution in [3.63, 3.8) is 0 Å². The maximum Gasteiger partial charge on any atom is 1.00 e. The quantitative estimate of drug-likeness (QED) is 0.273. The van der Waals surface area contributed by atoms with Crippen molar-refractivity contribution in [2.75, 3.05) is 19.6 Å². The molecule has 138 valence electrons. The fourth-order valence-electron chi connectivity index (χ4n) is 3.04. The first-order valence-electron chi connectivity index (χ1n) is 10.1. The van der Waals surface area contributed by atoms with Gasteiger partial charge in [0, 0.05) is 6.54 Å². The molecule has 4 heteroatoms. The zero-order chi connectivity index (χ0) is 17.2. The second-order valence-electron chi connectivity index (χ2n) is 6.89. The Kier molecular flexibility index (Phi) is 25.1. The van der Waals surface area contributed by atoms with Gasteiger partial charge in [-0.15, -0.1) is 0 Å². The molecule has 0 bridgehead atoms. The number of aliphatic carboxylic acids is 1. The van der Waals surface area contributed by atoms with Gasteiger partial charge in [0.1, 0.15) is 0 Å². The van der Waals surface area contributed by atoms with Crippen LogP contribution in [0.15, 0.2) is 0 Å². The van der Waals surface area contributed by atoms with Gasteiger partial charge in [0.15, 0.2) is 0 Å². The summed E-state index contributed by atoms with van der Waals surface area (Å²) in [6.07, 6.45) is 17.9. The average molecular weight is 366 g/mol. The monoisotopic (exact) mass is 365 g/mol. The molecule has 0 aliphatic carbocycles. The normalized spacial score (nSPS) is 10.8. The van der Waals surface area contributed by atoms with Gasteiger partial charge in [-0.25, -0.2) is 0 Å². The van der Waals surface area contributed by atoms with Gasteiger partial charge in [-0.05, 0) is 25.9 Å². The summed E-state index contributed by atoms with van der Waals surface area (Å²) in [5.41, 5.74) is 0. The number of hydrogen-bond donors (Lipinski definition) is 0. The van der Waals surface area contributed by atoms with E-state index in [2.05, 4.69) is 18.7 Å². The Morgan fingerprint density at radius 3 is 1.33 bits per heavy atom. The van der Waals surface area contributed by atoms with Crippen molar-refractivity contribution in [3.8, 4) is 0 Å². The number of nitrogens with zero attached hydrogens (tertiary/aromatic N) is 1. The van der Waals surface area contributed by atoms with E-state index in [4.69, 9.17) is 0 Å². The number of unbranched alkanes of at least 4 members (excludes halogenated alkanes) is 12. The summed E-state index contributed by atoms with van der Waals surface area (Å²) in [4.78, 5) is 12.9. The molecule has 0 radical (unpaired) electrons. The van der Waals surface area contributed by atoms with E-state index in [0.29, 0.717) is 0 Å². The molecule has 0 aromatic carbocycles. The van der Waals surface area contributed by atoms with E-state index in [1.54, 1.807) is 0 Å². The molecular weight excluding hydrogens is 325 g/mol. The van der Waals surface area contributed by atoms with Gasteiger partial charge in [-0.3, -0.25) is 4.90 Å². The van der Waals surface area contributed by atoms with Gasteiger partial charge in [0.05, 0.1) is 5.97 Å². The number of carboxylic acids is 1. The largest absolute Gasteiger partial charge is 1.00 e. The van der Waals surface area contributed by atoms with Gasteiger partial charge in [-0.1, -0.05) is 90.9 Å². The van der Waals surface area contributed by atoms with Gasteiger partial charge in [0.2, 0.25) is 0 Å². The third kappa shape index (κ3) is 21.1. The third-order valence-corrected chi connectivity index (χ3v) is 4.51. The van der Waals surface area contributed by atoms with E-state index >= 15 is 0 Å². The standard InChI is InChI=1S/C20H41NO2.K/c1-3-5-7-9-11-13-15-17-21(19-20(22)23)18-16-14-12-10-8-6-4-2;/h3-19H2,1-2H3,(H,22,23);/q;+1/p-1. The molecule has 0 aromatic heterocycles. The first kappa shape index (κ1) is 27.3. The fourth-order valence-corrected chi connectivity index (χ4v) is 3.04. The van der Waals surface area contributed by atoms with Crippen LogP contribution in [0.2, 0.25) is 0 Å². The van der Waals surface area contributed by atoms with E-state index in [0.717, 1.165) is 25.9 Å². The summed E-state index contributed by atoms with van der Waals surface area (Å²) in [7, 11) is 0. The average Bonchev–Trinajstić information content (AvgIpc) is 2.52. The van der Waals surface area contributed by atoms with E-state index in [1.165, 1.54) is 77.0 Å². The molecule has 0 aliphatic rings. The molecule has 0 amide bonds. The van der Waals surface area contributed by atoms with Gasteiger partial charge < -0.3 is 9.90 Å². The van der Waals surface area contributed by atoms with E-state index in [-0.39, 0.29) is 57.9 Å². The molecule has 0 atom stereocenters. The van der Waals surface area contributed by atoms with Crippen molar-refractivity contribution in [3.05, 3.63) is 0 Å². The smallest absolute Gasteiger partial charge is 0.549 e. The van der Waals surface area contributed by atoms with Crippen LogP contribution >= 0.6 is 0 Å². The molecule has 0 aromatic rings. The van der Waals surface area contributed by atoms with Crippen LogP contribution < -0.4 is 56.5 Å². The van der Waals surface area contributed by atoms with E-state index in [9.17, 15) is 9.90 Å².